The number of ether oxygens (including phenoxy) is 2. The van der Waals surface area contributed by atoms with E-state index >= 15 is 0 Å². The Balaban J connectivity index is 1.89. The monoisotopic (exact) mass is 260 g/mol. The molecule has 1 atom stereocenters. The first-order chi connectivity index (χ1) is 8.18. The molecule has 1 saturated heterocycles. The van der Waals surface area contributed by atoms with Gasteiger partial charge in [-0.05, 0) is 45.3 Å². The Hall–Kier alpha value is -0.220. The minimum atomic E-state index is -0.135. The van der Waals surface area contributed by atoms with Crippen LogP contribution in [0.25, 0.3) is 0 Å². The Kier molecular flexibility index (Phi) is 7.69. The zero-order chi connectivity index (χ0) is 12.5. The first kappa shape index (κ1) is 14.8. The molecule has 1 unspecified atom stereocenters. The van der Waals surface area contributed by atoms with Crippen molar-refractivity contribution in [1.82, 2.24) is 0 Å². The normalized spacial score (nSPS) is 19.8. The van der Waals surface area contributed by atoms with Crippen LogP contribution in [0.15, 0.2) is 0 Å². The Morgan fingerprint density at radius 1 is 1.41 bits per heavy atom. The Bertz CT molecular complexity index is 213. The average Bonchev–Trinajstić information content (AvgIpc) is 2.76. The summed E-state index contributed by atoms with van der Waals surface area (Å²) in [5.41, 5.74) is 0. The molecule has 0 aromatic carbocycles. The molecule has 0 aromatic rings. The molecular formula is C13H24O3S. The molecule has 1 aliphatic heterocycles. The van der Waals surface area contributed by atoms with E-state index in [2.05, 4.69) is 11.8 Å². The van der Waals surface area contributed by atoms with Crippen LogP contribution in [0.3, 0.4) is 0 Å². The quantitative estimate of drug-likeness (QED) is 0.381. The highest BCUT2D eigenvalue weighted by molar-refractivity contribution is 8.00. The maximum atomic E-state index is 11.3. The van der Waals surface area contributed by atoms with Gasteiger partial charge in [-0.25, -0.2) is 0 Å². The van der Waals surface area contributed by atoms with Gasteiger partial charge in [-0.3, -0.25) is 4.79 Å². The fraction of sp³-hybridized carbons (Fsp3) is 0.923. The summed E-state index contributed by atoms with van der Waals surface area (Å²) in [5.74, 6) is 1.18. The molecule has 0 spiro atoms. The molecule has 4 heteroatoms. The van der Waals surface area contributed by atoms with Gasteiger partial charge in [-0.1, -0.05) is 6.42 Å². The number of thioether (sulfide) groups is 1. The molecule has 0 aliphatic carbocycles. The van der Waals surface area contributed by atoms with Gasteiger partial charge >= 0.3 is 5.97 Å². The van der Waals surface area contributed by atoms with E-state index in [0.717, 1.165) is 18.1 Å². The molecule has 0 saturated carbocycles. The molecule has 0 bridgehead atoms. The largest absolute Gasteiger partial charge is 0.438 e. The van der Waals surface area contributed by atoms with Crippen molar-refractivity contribution >= 4 is 17.7 Å². The summed E-state index contributed by atoms with van der Waals surface area (Å²) in [6, 6.07) is 0. The molecule has 1 aliphatic rings. The Morgan fingerprint density at radius 3 is 2.88 bits per heavy atom. The van der Waals surface area contributed by atoms with Gasteiger partial charge in [0.1, 0.15) is 0 Å². The average molecular weight is 260 g/mol. The van der Waals surface area contributed by atoms with E-state index in [1.54, 1.807) is 0 Å². The minimum Gasteiger partial charge on any atom is -0.438 e. The van der Waals surface area contributed by atoms with E-state index in [-0.39, 0.29) is 18.9 Å². The third-order valence-electron chi connectivity index (χ3n) is 2.80. The fourth-order valence-electron chi connectivity index (χ4n) is 1.82. The predicted octanol–water partition coefficient (Wildman–Crippen LogP) is 3.37. The van der Waals surface area contributed by atoms with Crippen molar-refractivity contribution in [3.63, 3.8) is 0 Å². The van der Waals surface area contributed by atoms with Gasteiger partial charge in [0.25, 0.3) is 0 Å². The molecule has 0 amide bonds. The van der Waals surface area contributed by atoms with E-state index in [9.17, 15) is 4.79 Å². The van der Waals surface area contributed by atoms with Gasteiger partial charge in [0.15, 0.2) is 6.79 Å². The highest BCUT2D eigenvalue weighted by Crippen LogP contribution is 2.29. The van der Waals surface area contributed by atoms with Crippen molar-refractivity contribution in [2.75, 3.05) is 12.5 Å². The van der Waals surface area contributed by atoms with Crippen molar-refractivity contribution in [1.29, 1.82) is 0 Å². The Labute approximate surface area is 109 Å². The molecule has 3 nitrogen and oxygen atoms in total. The second-order valence-electron chi connectivity index (χ2n) is 4.73. The highest BCUT2D eigenvalue weighted by atomic mass is 32.2. The fourth-order valence-corrected chi connectivity index (χ4v) is 3.15. The number of rotatable bonds is 8. The highest BCUT2D eigenvalue weighted by Gasteiger charge is 2.14. The van der Waals surface area contributed by atoms with Gasteiger partial charge in [-0.2, -0.15) is 11.8 Å². The van der Waals surface area contributed by atoms with E-state index in [1.165, 1.54) is 25.0 Å². The number of hydrogen-bond acceptors (Lipinski definition) is 4. The van der Waals surface area contributed by atoms with Gasteiger partial charge in [0.2, 0.25) is 0 Å². The van der Waals surface area contributed by atoms with Gasteiger partial charge in [-0.15, -0.1) is 0 Å². The van der Waals surface area contributed by atoms with Crippen LogP contribution in [0.4, 0.5) is 0 Å². The third-order valence-corrected chi connectivity index (χ3v) is 4.27. The molecule has 100 valence electrons. The van der Waals surface area contributed by atoms with Crippen molar-refractivity contribution in [2.24, 2.45) is 0 Å². The van der Waals surface area contributed by atoms with Crippen molar-refractivity contribution in [3.8, 4) is 0 Å². The van der Waals surface area contributed by atoms with Crippen molar-refractivity contribution < 1.29 is 14.3 Å². The summed E-state index contributed by atoms with van der Waals surface area (Å²) in [7, 11) is 0. The van der Waals surface area contributed by atoms with Crippen LogP contribution in [0.5, 0.6) is 0 Å². The number of esters is 1. The first-order valence-electron chi connectivity index (χ1n) is 6.57. The second kappa shape index (κ2) is 8.81. The lowest BCUT2D eigenvalue weighted by atomic mass is 10.1. The van der Waals surface area contributed by atoms with Crippen LogP contribution in [0.2, 0.25) is 0 Å². The van der Waals surface area contributed by atoms with Crippen LogP contribution in [0, 0.1) is 0 Å². The number of carbonyl (C=O) groups is 1. The molecule has 1 rings (SSSR count). The summed E-state index contributed by atoms with van der Waals surface area (Å²) >= 11 is 2.08. The maximum absolute atomic E-state index is 11.3. The summed E-state index contributed by atoms with van der Waals surface area (Å²) in [6.07, 6.45) is 6.69. The van der Waals surface area contributed by atoms with E-state index in [1.807, 2.05) is 13.8 Å². The first-order valence-corrected chi connectivity index (χ1v) is 7.62. The van der Waals surface area contributed by atoms with Gasteiger partial charge < -0.3 is 9.47 Å². The van der Waals surface area contributed by atoms with Crippen LogP contribution in [-0.2, 0) is 14.3 Å². The maximum Gasteiger partial charge on any atom is 0.307 e. The third kappa shape index (κ3) is 7.66. The molecule has 0 radical (unpaired) electrons. The smallest absolute Gasteiger partial charge is 0.307 e. The zero-order valence-electron chi connectivity index (χ0n) is 10.9. The summed E-state index contributed by atoms with van der Waals surface area (Å²) in [4.78, 5) is 11.3. The van der Waals surface area contributed by atoms with E-state index in [0.29, 0.717) is 6.42 Å². The van der Waals surface area contributed by atoms with E-state index in [4.69, 9.17) is 9.47 Å². The lowest BCUT2D eigenvalue weighted by Crippen LogP contribution is -2.12. The van der Waals surface area contributed by atoms with Crippen molar-refractivity contribution in [2.45, 2.75) is 63.7 Å². The zero-order valence-corrected chi connectivity index (χ0v) is 11.8. The standard InChI is InChI=1S/C13H24O3S/c1-11(2)15-10-16-13(14)8-4-3-6-12-7-5-9-17-12/h11-12H,3-10H2,1-2H3. The van der Waals surface area contributed by atoms with Gasteiger partial charge in [0, 0.05) is 11.7 Å². The second-order valence-corrected chi connectivity index (χ2v) is 6.14. The molecule has 0 aromatic heterocycles. The van der Waals surface area contributed by atoms with Crippen molar-refractivity contribution in [3.05, 3.63) is 0 Å². The van der Waals surface area contributed by atoms with E-state index < -0.39 is 0 Å². The summed E-state index contributed by atoms with van der Waals surface area (Å²) in [5, 5.41) is 0.843. The predicted molar refractivity (Wildman–Crippen MR) is 71.1 cm³/mol. The summed E-state index contributed by atoms with van der Waals surface area (Å²) in [6.45, 7) is 3.94. The van der Waals surface area contributed by atoms with Crippen LogP contribution >= 0.6 is 11.8 Å². The minimum absolute atomic E-state index is 0.0922. The number of hydrogen-bond donors (Lipinski definition) is 0. The molecular weight excluding hydrogens is 236 g/mol. The SMILES string of the molecule is CC(C)OCOC(=O)CCCCC1CCCS1. The van der Waals surface area contributed by atoms with Crippen LogP contribution in [0.1, 0.15) is 52.4 Å². The van der Waals surface area contributed by atoms with Crippen LogP contribution in [-0.4, -0.2) is 29.9 Å². The lowest BCUT2D eigenvalue weighted by Gasteiger charge is -2.09. The van der Waals surface area contributed by atoms with Crippen LogP contribution < -0.4 is 0 Å². The molecule has 1 heterocycles. The summed E-state index contributed by atoms with van der Waals surface area (Å²) < 4.78 is 10.1. The number of unbranched alkanes of at least 4 members (excludes halogenated alkanes) is 1. The number of carbonyl (C=O) groups excluding carboxylic acids is 1. The Morgan fingerprint density at radius 2 is 2.24 bits per heavy atom. The molecule has 0 N–H and O–H groups in total. The van der Waals surface area contributed by atoms with Gasteiger partial charge in [0.05, 0.1) is 6.10 Å². The molecule has 17 heavy (non-hydrogen) atoms. The molecule has 1 fully saturated rings. The lowest BCUT2D eigenvalue weighted by molar-refractivity contribution is -0.159. The topological polar surface area (TPSA) is 35.5 Å².